The molecule has 3 aromatic carbocycles. The maximum Gasteiger partial charge on any atom is 0.255 e. The molecule has 7 heteroatoms. The highest BCUT2D eigenvalue weighted by atomic mass is 16.5. The Morgan fingerprint density at radius 1 is 0.806 bits per heavy atom. The molecule has 31 heavy (non-hydrogen) atoms. The summed E-state index contributed by atoms with van der Waals surface area (Å²) in [5.74, 6) is 1.13. The quantitative estimate of drug-likeness (QED) is 0.580. The van der Waals surface area contributed by atoms with Gasteiger partial charge in [0.25, 0.3) is 5.91 Å². The Balaban J connectivity index is 1.69. The summed E-state index contributed by atoms with van der Waals surface area (Å²) in [6, 6.07) is 19.7. The van der Waals surface area contributed by atoms with Crippen LogP contribution in [0.15, 0.2) is 66.7 Å². The molecule has 0 aliphatic rings. The van der Waals surface area contributed by atoms with Gasteiger partial charge >= 0.3 is 0 Å². The Morgan fingerprint density at radius 2 is 1.52 bits per heavy atom. The number of anilines is 1. The van der Waals surface area contributed by atoms with Crippen molar-refractivity contribution in [3.05, 3.63) is 72.3 Å². The van der Waals surface area contributed by atoms with Crippen molar-refractivity contribution in [2.24, 2.45) is 0 Å². The van der Waals surface area contributed by atoms with Gasteiger partial charge in [-0.1, -0.05) is 24.3 Å². The normalized spacial score (nSPS) is 10.2. The number of amides is 2. The van der Waals surface area contributed by atoms with E-state index in [2.05, 4.69) is 10.6 Å². The van der Waals surface area contributed by atoms with Gasteiger partial charge in [0.15, 0.2) is 0 Å². The van der Waals surface area contributed by atoms with Crippen molar-refractivity contribution in [3.63, 3.8) is 0 Å². The van der Waals surface area contributed by atoms with Crippen molar-refractivity contribution in [2.45, 2.75) is 0 Å². The number of carbonyl (C=O) groups is 2. The predicted molar refractivity (Wildman–Crippen MR) is 119 cm³/mol. The van der Waals surface area contributed by atoms with Gasteiger partial charge in [-0.25, -0.2) is 0 Å². The number of carbonyl (C=O) groups excluding carboxylic acids is 2. The maximum absolute atomic E-state index is 12.4. The van der Waals surface area contributed by atoms with Crippen molar-refractivity contribution >= 4 is 17.5 Å². The Hall–Kier alpha value is -4.00. The minimum Gasteiger partial charge on any atom is -0.497 e. The van der Waals surface area contributed by atoms with Gasteiger partial charge in [0.05, 0.1) is 33.4 Å². The topological polar surface area (TPSA) is 85.9 Å². The summed E-state index contributed by atoms with van der Waals surface area (Å²) in [6.45, 7) is -0.180. The van der Waals surface area contributed by atoms with Gasteiger partial charge in [0.1, 0.15) is 17.2 Å². The van der Waals surface area contributed by atoms with E-state index in [1.165, 1.54) is 7.11 Å². The van der Waals surface area contributed by atoms with Crippen LogP contribution in [0.4, 0.5) is 5.69 Å². The Morgan fingerprint density at radius 3 is 2.19 bits per heavy atom. The molecule has 0 atom stereocenters. The number of nitrogens with one attached hydrogen (secondary N) is 2. The molecule has 2 N–H and O–H groups in total. The minimum atomic E-state index is -0.388. The van der Waals surface area contributed by atoms with E-state index in [4.69, 9.17) is 14.2 Å². The second kappa shape index (κ2) is 10.2. The molecule has 0 spiro atoms. The van der Waals surface area contributed by atoms with Gasteiger partial charge in [-0.2, -0.15) is 0 Å². The molecular weight excluding hydrogens is 396 g/mol. The van der Waals surface area contributed by atoms with Crippen LogP contribution >= 0.6 is 0 Å². The van der Waals surface area contributed by atoms with E-state index in [9.17, 15) is 9.59 Å². The summed E-state index contributed by atoms with van der Waals surface area (Å²) >= 11 is 0. The van der Waals surface area contributed by atoms with E-state index in [1.54, 1.807) is 50.6 Å². The number of ether oxygens (including phenoxy) is 3. The van der Waals surface area contributed by atoms with Crippen LogP contribution in [0.3, 0.4) is 0 Å². The van der Waals surface area contributed by atoms with E-state index >= 15 is 0 Å². The summed E-state index contributed by atoms with van der Waals surface area (Å²) in [7, 11) is 4.69. The molecule has 0 bridgehead atoms. The fraction of sp³-hybridized carbons (Fsp3) is 0.167. The third kappa shape index (κ3) is 5.33. The van der Waals surface area contributed by atoms with E-state index < -0.39 is 0 Å². The molecule has 0 aromatic heterocycles. The van der Waals surface area contributed by atoms with Crippen molar-refractivity contribution < 1.29 is 23.8 Å². The molecule has 0 unspecified atom stereocenters. The summed E-state index contributed by atoms with van der Waals surface area (Å²) in [5, 5.41) is 5.40. The molecule has 0 saturated carbocycles. The first-order chi connectivity index (χ1) is 15.0. The smallest absolute Gasteiger partial charge is 0.255 e. The van der Waals surface area contributed by atoms with Crippen molar-refractivity contribution in [1.82, 2.24) is 5.32 Å². The van der Waals surface area contributed by atoms with Crippen molar-refractivity contribution in [2.75, 3.05) is 33.2 Å². The largest absolute Gasteiger partial charge is 0.497 e. The number of methoxy groups -OCH3 is 3. The number of benzene rings is 3. The lowest BCUT2D eigenvalue weighted by molar-refractivity contribution is -0.115. The lowest BCUT2D eigenvalue weighted by Gasteiger charge is -2.13. The van der Waals surface area contributed by atoms with Crippen molar-refractivity contribution in [3.8, 4) is 28.4 Å². The van der Waals surface area contributed by atoms with Crippen LogP contribution in [-0.2, 0) is 4.79 Å². The molecule has 2 amide bonds. The fourth-order valence-corrected chi connectivity index (χ4v) is 3.08. The van der Waals surface area contributed by atoms with Crippen LogP contribution in [-0.4, -0.2) is 39.7 Å². The first-order valence-electron chi connectivity index (χ1n) is 9.59. The highest BCUT2D eigenvalue weighted by molar-refractivity contribution is 6.01. The fourth-order valence-electron chi connectivity index (χ4n) is 3.08. The molecule has 7 nitrogen and oxygen atoms in total. The molecule has 3 aromatic rings. The van der Waals surface area contributed by atoms with Crippen molar-refractivity contribution in [1.29, 1.82) is 0 Å². The lowest BCUT2D eigenvalue weighted by atomic mass is 10.0. The third-order valence-electron chi connectivity index (χ3n) is 4.65. The highest BCUT2D eigenvalue weighted by Crippen LogP contribution is 2.33. The van der Waals surface area contributed by atoms with E-state index in [0.717, 1.165) is 16.9 Å². The molecule has 0 fully saturated rings. The van der Waals surface area contributed by atoms with Crippen LogP contribution in [0.25, 0.3) is 11.1 Å². The zero-order valence-electron chi connectivity index (χ0n) is 17.6. The average Bonchev–Trinajstić information content (AvgIpc) is 2.82. The first-order valence-corrected chi connectivity index (χ1v) is 9.59. The predicted octanol–water partition coefficient (Wildman–Crippen LogP) is 3.75. The summed E-state index contributed by atoms with van der Waals surface area (Å²) < 4.78 is 15.8. The molecule has 0 heterocycles. The maximum atomic E-state index is 12.4. The van der Waals surface area contributed by atoms with Crippen LogP contribution < -0.4 is 24.8 Å². The molecule has 0 radical (unpaired) electrons. The zero-order chi connectivity index (χ0) is 22.2. The second-order valence-corrected chi connectivity index (χ2v) is 6.57. The van der Waals surface area contributed by atoms with Gasteiger partial charge in [-0.05, 0) is 48.0 Å². The van der Waals surface area contributed by atoms with E-state index in [0.29, 0.717) is 22.7 Å². The van der Waals surface area contributed by atoms with Gasteiger partial charge in [-0.3, -0.25) is 9.59 Å². The average molecular weight is 420 g/mol. The van der Waals surface area contributed by atoms with Gasteiger partial charge in [-0.15, -0.1) is 0 Å². The molecule has 3 rings (SSSR count). The Kier molecular flexibility index (Phi) is 7.11. The third-order valence-corrected chi connectivity index (χ3v) is 4.65. The summed E-state index contributed by atoms with van der Waals surface area (Å²) in [4.78, 5) is 24.7. The number of para-hydroxylation sites is 1. The SMILES string of the molecule is COc1ccc(-c2cc(NC(=O)CNC(=O)c3ccccc3OC)ccc2OC)cc1. The van der Waals surface area contributed by atoms with Gasteiger partial charge in [0.2, 0.25) is 5.91 Å². The van der Waals surface area contributed by atoms with E-state index in [-0.39, 0.29) is 18.4 Å². The number of rotatable bonds is 8. The first kappa shape index (κ1) is 21.7. The molecule has 0 aliphatic heterocycles. The standard InChI is InChI=1S/C24H24N2O5/c1-29-18-11-8-16(9-12-18)20-14-17(10-13-22(20)31-3)26-23(27)15-25-24(28)19-6-4-5-7-21(19)30-2/h4-14H,15H2,1-3H3,(H,25,28)(H,26,27). The van der Waals surface area contributed by atoms with Crippen LogP contribution in [0, 0.1) is 0 Å². The second-order valence-electron chi connectivity index (χ2n) is 6.57. The van der Waals surface area contributed by atoms with Crippen LogP contribution in [0.5, 0.6) is 17.2 Å². The summed E-state index contributed by atoms with van der Waals surface area (Å²) in [6.07, 6.45) is 0. The minimum absolute atomic E-state index is 0.180. The highest BCUT2D eigenvalue weighted by Gasteiger charge is 2.14. The van der Waals surface area contributed by atoms with Gasteiger partial charge in [0, 0.05) is 11.3 Å². The summed E-state index contributed by atoms with van der Waals surface area (Å²) in [5.41, 5.74) is 2.69. The molecule has 0 aliphatic carbocycles. The molecular formula is C24H24N2O5. The van der Waals surface area contributed by atoms with Gasteiger partial charge < -0.3 is 24.8 Å². The lowest BCUT2D eigenvalue weighted by Crippen LogP contribution is -2.33. The molecule has 0 saturated heterocycles. The van der Waals surface area contributed by atoms with E-state index in [1.807, 2.05) is 30.3 Å². The zero-order valence-corrected chi connectivity index (χ0v) is 17.6. The van der Waals surface area contributed by atoms with Crippen LogP contribution in [0.2, 0.25) is 0 Å². The number of hydrogen-bond acceptors (Lipinski definition) is 5. The Bertz CT molecular complexity index is 1060. The molecule has 160 valence electrons. The number of hydrogen-bond donors (Lipinski definition) is 2. The monoisotopic (exact) mass is 420 g/mol. The Labute approximate surface area is 180 Å². The van der Waals surface area contributed by atoms with Crippen LogP contribution in [0.1, 0.15) is 10.4 Å².